The lowest BCUT2D eigenvalue weighted by molar-refractivity contribution is -0.143. The first-order chi connectivity index (χ1) is 8.54. The van der Waals surface area contributed by atoms with Gasteiger partial charge in [-0.05, 0) is 25.2 Å². The first-order valence-corrected chi connectivity index (χ1v) is 6.68. The Labute approximate surface area is 108 Å². The molecule has 1 saturated heterocycles. The van der Waals surface area contributed by atoms with Crippen molar-refractivity contribution in [3.05, 3.63) is 0 Å². The monoisotopic (exact) mass is 257 g/mol. The summed E-state index contributed by atoms with van der Waals surface area (Å²) in [6.07, 6.45) is 3.97. The van der Waals surface area contributed by atoms with E-state index < -0.39 is 12.0 Å². The maximum absolute atomic E-state index is 11.7. The summed E-state index contributed by atoms with van der Waals surface area (Å²) in [6, 6.07) is -0.785. The Bertz CT molecular complexity index is 287. The number of carbonyl (C=O) groups excluding carboxylic acids is 1. The third kappa shape index (κ3) is 4.64. The van der Waals surface area contributed by atoms with Gasteiger partial charge in [-0.1, -0.05) is 20.3 Å². The Morgan fingerprint density at radius 3 is 2.72 bits per heavy atom. The van der Waals surface area contributed by atoms with Crippen molar-refractivity contribution in [2.45, 2.75) is 58.1 Å². The van der Waals surface area contributed by atoms with Crippen LogP contribution in [0, 0.1) is 5.92 Å². The summed E-state index contributed by atoms with van der Waals surface area (Å²) in [5.74, 6) is -1.22. The molecule has 3 atom stereocenters. The fourth-order valence-corrected chi connectivity index (χ4v) is 2.09. The average molecular weight is 257 g/mol. The smallest absolute Gasteiger partial charge is 0.326 e. The Kier molecular flexibility index (Phi) is 6.12. The molecule has 0 saturated carbocycles. The maximum atomic E-state index is 11.7. The summed E-state index contributed by atoms with van der Waals surface area (Å²) >= 11 is 0. The second-order valence-corrected chi connectivity index (χ2v) is 4.94. The van der Waals surface area contributed by atoms with Crippen LogP contribution in [0.3, 0.4) is 0 Å². The molecule has 0 aliphatic carbocycles. The van der Waals surface area contributed by atoms with Crippen LogP contribution in [0.5, 0.6) is 0 Å². The minimum atomic E-state index is -0.963. The minimum absolute atomic E-state index is 0.0609. The van der Waals surface area contributed by atoms with Crippen LogP contribution in [0.15, 0.2) is 0 Å². The fourth-order valence-electron chi connectivity index (χ4n) is 2.09. The zero-order valence-corrected chi connectivity index (χ0v) is 11.1. The summed E-state index contributed by atoms with van der Waals surface area (Å²) in [7, 11) is 0. The van der Waals surface area contributed by atoms with Crippen LogP contribution in [0.25, 0.3) is 0 Å². The van der Waals surface area contributed by atoms with Gasteiger partial charge in [0.2, 0.25) is 5.91 Å². The lowest BCUT2D eigenvalue weighted by atomic mass is 9.99. The van der Waals surface area contributed by atoms with E-state index in [1.165, 1.54) is 0 Å². The van der Waals surface area contributed by atoms with Crippen LogP contribution in [0.4, 0.5) is 0 Å². The molecule has 0 bridgehead atoms. The van der Waals surface area contributed by atoms with Crippen LogP contribution in [0.1, 0.15) is 46.0 Å². The molecule has 1 fully saturated rings. The Morgan fingerprint density at radius 2 is 2.22 bits per heavy atom. The van der Waals surface area contributed by atoms with Crippen molar-refractivity contribution >= 4 is 11.9 Å². The van der Waals surface area contributed by atoms with E-state index in [1.54, 1.807) is 0 Å². The molecule has 0 aromatic heterocycles. The van der Waals surface area contributed by atoms with E-state index >= 15 is 0 Å². The molecule has 5 nitrogen and oxygen atoms in total. The molecule has 0 aromatic carbocycles. The van der Waals surface area contributed by atoms with Gasteiger partial charge in [0, 0.05) is 13.0 Å². The predicted octanol–water partition coefficient (Wildman–Crippen LogP) is 1.56. The van der Waals surface area contributed by atoms with Crippen molar-refractivity contribution in [2.24, 2.45) is 5.92 Å². The topological polar surface area (TPSA) is 75.6 Å². The lowest BCUT2D eigenvalue weighted by Crippen LogP contribution is -2.45. The molecule has 3 unspecified atom stereocenters. The normalized spacial score (nSPS) is 22.4. The van der Waals surface area contributed by atoms with Crippen LogP contribution in [-0.2, 0) is 14.3 Å². The number of rotatable bonds is 7. The van der Waals surface area contributed by atoms with Gasteiger partial charge >= 0.3 is 5.97 Å². The van der Waals surface area contributed by atoms with Gasteiger partial charge in [0.05, 0.1) is 6.10 Å². The van der Waals surface area contributed by atoms with Crippen molar-refractivity contribution < 1.29 is 19.4 Å². The summed E-state index contributed by atoms with van der Waals surface area (Å²) < 4.78 is 5.43. The number of ether oxygens (including phenoxy) is 1. The van der Waals surface area contributed by atoms with E-state index in [9.17, 15) is 9.59 Å². The lowest BCUT2D eigenvalue weighted by Gasteiger charge is -2.20. The molecule has 0 aromatic rings. The van der Waals surface area contributed by atoms with Gasteiger partial charge in [-0.2, -0.15) is 0 Å². The molecule has 18 heavy (non-hydrogen) atoms. The van der Waals surface area contributed by atoms with Gasteiger partial charge in [-0.25, -0.2) is 4.79 Å². The van der Waals surface area contributed by atoms with Gasteiger partial charge in [0.25, 0.3) is 0 Å². The number of carboxylic acids is 1. The molecule has 104 valence electrons. The van der Waals surface area contributed by atoms with Crippen molar-refractivity contribution in [1.82, 2.24) is 5.32 Å². The third-order valence-electron chi connectivity index (χ3n) is 3.51. The van der Waals surface area contributed by atoms with Crippen LogP contribution in [0.2, 0.25) is 0 Å². The summed E-state index contributed by atoms with van der Waals surface area (Å²) in [6.45, 7) is 4.52. The van der Waals surface area contributed by atoms with Crippen molar-refractivity contribution in [2.75, 3.05) is 6.61 Å². The molecule has 1 aliphatic rings. The first kappa shape index (κ1) is 15.0. The van der Waals surface area contributed by atoms with Gasteiger partial charge in [0.15, 0.2) is 0 Å². The number of hydrogen-bond acceptors (Lipinski definition) is 3. The number of carboxylic acid groups (broad SMARTS) is 1. The molecule has 1 amide bonds. The molecular formula is C13H23NO4. The Hall–Kier alpha value is -1.10. The third-order valence-corrected chi connectivity index (χ3v) is 3.51. The zero-order chi connectivity index (χ0) is 13.5. The second kappa shape index (κ2) is 7.36. The Morgan fingerprint density at radius 1 is 1.50 bits per heavy atom. The highest BCUT2D eigenvalue weighted by Gasteiger charge is 2.25. The van der Waals surface area contributed by atoms with E-state index in [0.717, 1.165) is 25.9 Å². The summed E-state index contributed by atoms with van der Waals surface area (Å²) in [5.41, 5.74) is 0. The molecule has 5 heteroatoms. The van der Waals surface area contributed by atoms with E-state index in [-0.39, 0.29) is 17.9 Å². The van der Waals surface area contributed by atoms with Gasteiger partial charge < -0.3 is 15.2 Å². The molecule has 1 aliphatic heterocycles. The molecule has 2 N–H and O–H groups in total. The maximum Gasteiger partial charge on any atom is 0.326 e. The largest absolute Gasteiger partial charge is 0.480 e. The van der Waals surface area contributed by atoms with Crippen molar-refractivity contribution in [1.29, 1.82) is 0 Å². The molecule has 0 radical (unpaired) electrons. The zero-order valence-electron chi connectivity index (χ0n) is 11.1. The van der Waals surface area contributed by atoms with Crippen molar-refractivity contribution in [3.63, 3.8) is 0 Å². The van der Waals surface area contributed by atoms with E-state index in [1.807, 2.05) is 13.8 Å². The minimum Gasteiger partial charge on any atom is -0.480 e. The first-order valence-electron chi connectivity index (χ1n) is 6.68. The SMILES string of the molecule is CCC(C)C(NC(=O)CCC1CCCO1)C(=O)O. The average Bonchev–Trinajstić information content (AvgIpc) is 2.85. The highest BCUT2D eigenvalue weighted by molar-refractivity contribution is 5.83. The molecular weight excluding hydrogens is 234 g/mol. The van der Waals surface area contributed by atoms with Crippen LogP contribution < -0.4 is 5.32 Å². The van der Waals surface area contributed by atoms with Gasteiger partial charge in [-0.3, -0.25) is 4.79 Å². The summed E-state index contributed by atoms with van der Waals surface area (Å²) in [4.78, 5) is 22.8. The van der Waals surface area contributed by atoms with Crippen molar-refractivity contribution in [3.8, 4) is 0 Å². The van der Waals surface area contributed by atoms with E-state index in [0.29, 0.717) is 12.8 Å². The van der Waals surface area contributed by atoms with Gasteiger partial charge in [-0.15, -0.1) is 0 Å². The number of carbonyl (C=O) groups is 2. The highest BCUT2D eigenvalue weighted by Crippen LogP contribution is 2.17. The Balaban J connectivity index is 2.33. The highest BCUT2D eigenvalue weighted by atomic mass is 16.5. The van der Waals surface area contributed by atoms with Crippen LogP contribution in [-0.4, -0.2) is 35.7 Å². The van der Waals surface area contributed by atoms with Crippen LogP contribution >= 0.6 is 0 Å². The van der Waals surface area contributed by atoms with E-state index in [4.69, 9.17) is 9.84 Å². The quantitative estimate of drug-likeness (QED) is 0.725. The second-order valence-electron chi connectivity index (χ2n) is 4.94. The number of aliphatic carboxylic acids is 1. The van der Waals surface area contributed by atoms with E-state index in [2.05, 4.69) is 5.32 Å². The van der Waals surface area contributed by atoms with Gasteiger partial charge in [0.1, 0.15) is 6.04 Å². The standard InChI is InChI=1S/C13H23NO4/c1-3-9(2)12(13(16)17)14-11(15)7-6-10-5-4-8-18-10/h9-10,12H,3-8H2,1-2H3,(H,14,15)(H,16,17). The summed E-state index contributed by atoms with van der Waals surface area (Å²) in [5, 5.41) is 11.7. The fraction of sp³-hybridized carbons (Fsp3) is 0.846. The number of hydrogen-bond donors (Lipinski definition) is 2. The molecule has 1 heterocycles. The number of nitrogens with one attached hydrogen (secondary N) is 1. The molecule has 0 spiro atoms. The number of amides is 1. The molecule has 1 rings (SSSR count). The predicted molar refractivity (Wildman–Crippen MR) is 67.2 cm³/mol.